The Hall–Kier alpha value is -1.79. The van der Waals surface area contributed by atoms with Crippen LogP contribution in [0.1, 0.15) is 48.0 Å². The molecule has 0 aromatic carbocycles. The molecule has 128 valence electrons. The van der Waals surface area contributed by atoms with Crippen LogP contribution in [0.3, 0.4) is 0 Å². The monoisotopic (exact) mass is 315 g/mol. The SMILES string of the molecule is CCC(C)(C)CNC(=O)CNC(=O)CNC(=O)OC(C)(C)C. The molecule has 0 aliphatic heterocycles. The first-order valence-corrected chi connectivity index (χ1v) is 7.45. The van der Waals surface area contributed by atoms with E-state index in [0.29, 0.717) is 6.54 Å². The van der Waals surface area contributed by atoms with Gasteiger partial charge >= 0.3 is 6.09 Å². The first-order valence-electron chi connectivity index (χ1n) is 7.45. The number of hydrogen-bond donors (Lipinski definition) is 3. The fourth-order valence-corrected chi connectivity index (χ4v) is 1.23. The average molecular weight is 315 g/mol. The Morgan fingerprint density at radius 1 is 0.864 bits per heavy atom. The third-order valence-electron chi connectivity index (χ3n) is 2.96. The summed E-state index contributed by atoms with van der Waals surface area (Å²) >= 11 is 0. The maximum Gasteiger partial charge on any atom is 0.408 e. The van der Waals surface area contributed by atoms with Crippen LogP contribution >= 0.6 is 0 Å². The molecule has 0 rings (SSSR count). The van der Waals surface area contributed by atoms with Crippen molar-refractivity contribution >= 4 is 17.9 Å². The second kappa shape index (κ2) is 8.60. The minimum atomic E-state index is -0.670. The third kappa shape index (κ3) is 10.9. The molecule has 22 heavy (non-hydrogen) atoms. The van der Waals surface area contributed by atoms with E-state index in [0.717, 1.165) is 6.42 Å². The van der Waals surface area contributed by atoms with E-state index >= 15 is 0 Å². The van der Waals surface area contributed by atoms with E-state index in [4.69, 9.17) is 4.74 Å². The van der Waals surface area contributed by atoms with Crippen molar-refractivity contribution in [2.24, 2.45) is 5.41 Å². The first kappa shape index (κ1) is 20.2. The Bertz CT molecular complexity index is 400. The van der Waals surface area contributed by atoms with Crippen LogP contribution in [0.25, 0.3) is 0 Å². The second-order valence-corrected chi connectivity index (χ2v) is 6.93. The first-order chi connectivity index (χ1) is 9.95. The van der Waals surface area contributed by atoms with Crippen molar-refractivity contribution in [1.29, 1.82) is 0 Å². The Morgan fingerprint density at radius 2 is 1.36 bits per heavy atom. The molecular weight excluding hydrogens is 286 g/mol. The zero-order chi connectivity index (χ0) is 17.4. The lowest BCUT2D eigenvalue weighted by Crippen LogP contribution is -2.44. The van der Waals surface area contributed by atoms with Gasteiger partial charge in [0.25, 0.3) is 0 Å². The van der Waals surface area contributed by atoms with Gasteiger partial charge in [0.2, 0.25) is 11.8 Å². The molecule has 0 radical (unpaired) electrons. The van der Waals surface area contributed by atoms with E-state index in [1.165, 1.54) is 0 Å². The molecule has 0 saturated carbocycles. The molecular formula is C15H29N3O4. The lowest BCUT2D eigenvalue weighted by molar-refractivity contribution is -0.125. The summed E-state index contributed by atoms with van der Waals surface area (Å²) in [5, 5.41) is 7.52. The molecule has 7 heteroatoms. The van der Waals surface area contributed by atoms with E-state index in [2.05, 4.69) is 36.7 Å². The summed E-state index contributed by atoms with van der Waals surface area (Å²) in [6.07, 6.45) is 0.274. The molecule has 0 heterocycles. The highest BCUT2D eigenvalue weighted by molar-refractivity contribution is 5.87. The van der Waals surface area contributed by atoms with Crippen LogP contribution < -0.4 is 16.0 Å². The normalized spacial score (nSPS) is 11.5. The van der Waals surface area contributed by atoms with Gasteiger partial charge in [-0.1, -0.05) is 20.8 Å². The highest BCUT2D eigenvalue weighted by Gasteiger charge is 2.18. The maximum atomic E-state index is 11.6. The van der Waals surface area contributed by atoms with Crippen molar-refractivity contribution in [3.63, 3.8) is 0 Å². The summed E-state index contributed by atoms with van der Waals surface area (Å²) < 4.78 is 4.99. The molecule has 7 nitrogen and oxygen atoms in total. The van der Waals surface area contributed by atoms with E-state index < -0.39 is 17.6 Å². The Balaban J connectivity index is 3.90. The topological polar surface area (TPSA) is 96.5 Å². The van der Waals surface area contributed by atoms with Crippen LogP contribution in [-0.4, -0.2) is 43.1 Å². The number of carbonyl (C=O) groups is 3. The molecule has 0 fully saturated rings. The van der Waals surface area contributed by atoms with Crippen LogP contribution in [0.2, 0.25) is 0 Å². The lowest BCUT2D eigenvalue weighted by Gasteiger charge is -2.22. The van der Waals surface area contributed by atoms with Crippen LogP contribution in [0.5, 0.6) is 0 Å². The molecule has 0 atom stereocenters. The molecule has 0 unspecified atom stereocenters. The zero-order valence-corrected chi connectivity index (χ0v) is 14.5. The summed E-state index contributed by atoms with van der Waals surface area (Å²) in [6.45, 7) is 11.5. The summed E-state index contributed by atoms with van der Waals surface area (Å²) in [6, 6.07) is 0. The van der Waals surface area contributed by atoms with Crippen molar-refractivity contribution in [3.05, 3.63) is 0 Å². The van der Waals surface area contributed by atoms with Gasteiger partial charge in [-0.3, -0.25) is 9.59 Å². The molecule has 0 aliphatic rings. The Morgan fingerprint density at radius 3 is 1.86 bits per heavy atom. The van der Waals surface area contributed by atoms with Gasteiger partial charge < -0.3 is 20.7 Å². The van der Waals surface area contributed by atoms with Gasteiger partial charge in [-0.15, -0.1) is 0 Å². The van der Waals surface area contributed by atoms with Crippen LogP contribution in [0.15, 0.2) is 0 Å². The number of ether oxygens (including phenoxy) is 1. The summed E-state index contributed by atoms with van der Waals surface area (Å²) in [5.74, 6) is -0.706. The Kier molecular flexibility index (Phi) is 7.90. The van der Waals surface area contributed by atoms with Gasteiger partial charge in [-0.05, 0) is 32.6 Å². The van der Waals surface area contributed by atoms with E-state index in [1.807, 2.05) is 0 Å². The van der Waals surface area contributed by atoms with Crippen molar-refractivity contribution in [2.75, 3.05) is 19.6 Å². The number of carbonyl (C=O) groups excluding carboxylic acids is 3. The summed E-state index contributed by atoms with van der Waals surface area (Å²) in [4.78, 5) is 34.5. The summed E-state index contributed by atoms with van der Waals surface area (Å²) in [7, 11) is 0. The second-order valence-electron chi connectivity index (χ2n) is 6.93. The average Bonchev–Trinajstić information content (AvgIpc) is 2.39. The predicted molar refractivity (Wildman–Crippen MR) is 84.3 cm³/mol. The molecule has 0 aliphatic carbocycles. The number of amides is 3. The molecule has 0 aromatic rings. The highest BCUT2D eigenvalue weighted by atomic mass is 16.6. The van der Waals surface area contributed by atoms with Crippen molar-refractivity contribution in [2.45, 2.75) is 53.6 Å². The molecule has 0 spiro atoms. The smallest absolute Gasteiger partial charge is 0.408 e. The van der Waals surface area contributed by atoms with Crippen LogP contribution in [-0.2, 0) is 14.3 Å². The van der Waals surface area contributed by atoms with Gasteiger partial charge in [0.1, 0.15) is 12.1 Å². The number of hydrogen-bond acceptors (Lipinski definition) is 4. The van der Waals surface area contributed by atoms with E-state index in [-0.39, 0.29) is 24.4 Å². The Labute approximate surface area is 132 Å². The van der Waals surface area contributed by atoms with Crippen molar-refractivity contribution in [3.8, 4) is 0 Å². The molecule has 0 bridgehead atoms. The maximum absolute atomic E-state index is 11.6. The molecule has 3 amide bonds. The molecule has 0 aromatic heterocycles. The van der Waals surface area contributed by atoms with E-state index in [9.17, 15) is 14.4 Å². The fourth-order valence-electron chi connectivity index (χ4n) is 1.23. The number of alkyl carbamates (subject to hydrolysis) is 1. The molecule has 3 N–H and O–H groups in total. The zero-order valence-electron chi connectivity index (χ0n) is 14.5. The standard InChI is InChI=1S/C15H29N3O4/c1-7-15(5,6)10-18-12(20)8-16-11(19)9-17-13(21)22-14(2,3)4/h7-10H2,1-6H3,(H,16,19)(H,17,21)(H,18,20). The highest BCUT2D eigenvalue weighted by Crippen LogP contribution is 2.17. The minimum Gasteiger partial charge on any atom is -0.444 e. The number of nitrogens with one attached hydrogen (secondary N) is 3. The van der Waals surface area contributed by atoms with Crippen molar-refractivity contribution in [1.82, 2.24) is 16.0 Å². The van der Waals surface area contributed by atoms with Crippen LogP contribution in [0.4, 0.5) is 4.79 Å². The minimum absolute atomic E-state index is 0.0257. The summed E-state index contributed by atoms with van der Waals surface area (Å²) in [5.41, 5.74) is -0.593. The fraction of sp³-hybridized carbons (Fsp3) is 0.800. The van der Waals surface area contributed by atoms with Gasteiger partial charge in [-0.2, -0.15) is 0 Å². The van der Waals surface area contributed by atoms with Crippen molar-refractivity contribution < 1.29 is 19.1 Å². The number of rotatable bonds is 7. The third-order valence-corrected chi connectivity index (χ3v) is 2.96. The van der Waals surface area contributed by atoms with Crippen LogP contribution in [0, 0.1) is 5.41 Å². The quantitative estimate of drug-likeness (QED) is 0.657. The lowest BCUT2D eigenvalue weighted by atomic mass is 9.90. The van der Waals surface area contributed by atoms with E-state index in [1.54, 1.807) is 20.8 Å². The van der Waals surface area contributed by atoms with Gasteiger partial charge in [-0.25, -0.2) is 4.79 Å². The van der Waals surface area contributed by atoms with Gasteiger partial charge in [0.15, 0.2) is 0 Å². The predicted octanol–water partition coefficient (Wildman–Crippen LogP) is 1.18. The largest absolute Gasteiger partial charge is 0.444 e. The molecule has 0 saturated heterocycles. The van der Waals surface area contributed by atoms with Gasteiger partial charge in [0.05, 0.1) is 6.54 Å². The van der Waals surface area contributed by atoms with Gasteiger partial charge in [0, 0.05) is 6.54 Å².